The van der Waals surface area contributed by atoms with Crippen molar-refractivity contribution in [2.75, 3.05) is 0 Å². The van der Waals surface area contributed by atoms with Crippen molar-refractivity contribution in [2.24, 2.45) is 0 Å². The molecule has 5 nitrogen and oxygen atoms in total. The first-order valence-electron chi connectivity index (χ1n) is 7.00. The molecule has 0 aliphatic carbocycles. The molecule has 2 aromatic heterocycles. The van der Waals surface area contributed by atoms with Crippen LogP contribution < -0.4 is 5.56 Å². The molecule has 0 spiro atoms. The number of hydrogen-bond donors (Lipinski definition) is 1. The number of aromatic nitrogens is 4. The van der Waals surface area contributed by atoms with E-state index in [0.717, 1.165) is 39.5 Å². The molecule has 0 fully saturated rings. The highest BCUT2D eigenvalue weighted by molar-refractivity contribution is 9.10. The predicted octanol–water partition coefficient (Wildman–Crippen LogP) is 3.26. The molecule has 0 saturated carbocycles. The van der Waals surface area contributed by atoms with Crippen molar-refractivity contribution >= 4 is 15.9 Å². The monoisotopic (exact) mass is 358 g/mol. The summed E-state index contributed by atoms with van der Waals surface area (Å²) >= 11 is 3.60. The molecule has 6 heteroatoms. The fourth-order valence-electron chi connectivity index (χ4n) is 2.35. The smallest absolute Gasteiger partial charge is 0.264 e. The summed E-state index contributed by atoms with van der Waals surface area (Å²) in [4.78, 5) is 15.6. The average molecular weight is 359 g/mol. The second-order valence-electron chi connectivity index (χ2n) is 4.95. The van der Waals surface area contributed by atoms with Gasteiger partial charge in [-0.15, -0.1) is 0 Å². The molecule has 1 N–H and O–H groups in total. The molecule has 0 radical (unpaired) electrons. The molecule has 22 heavy (non-hydrogen) atoms. The molecule has 0 amide bonds. The lowest BCUT2D eigenvalue weighted by Crippen LogP contribution is -2.05. The van der Waals surface area contributed by atoms with E-state index in [4.69, 9.17) is 0 Å². The number of nitrogens with one attached hydrogen (secondary N) is 1. The minimum Gasteiger partial charge on any atom is -0.291 e. The summed E-state index contributed by atoms with van der Waals surface area (Å²) in [5, 5.41) is 6.49. The van der Waals surface area contributed by atoms with Gasteiger partial charge in [-0.3, -0.25) is 9.36 Å². The van der Waals surface area contributed by atoms with Crippen molar-refractivity contribution in [1.29, 1.82) is 0 Å². The van der Waals surface area contributed by atoms with E-state index >= 15 is 0 Å². The number of aryl methyl sites for hydroxylation is 2. The molecular formula is C16H15BrN4O. The van der Waals surface area contributed by atoms with Crippen molar-refractivity contribution in [2.45, 2.75) is 20.3 Å². The van der Waals surface area contributed by atoms with Gasteiger partial charge < -0.3 is 0 Å². The second-order valence-corrected chi connectivity index (χ2v) is 5.70. The highest BCUT2D eigenvalue weighted by Crippen LogP contribution is 2.25. The van der Waals surface area contributed by atoms with Gasteiger partial charge in [0.2, 0.25) is 0 Å². The molecule has 3 rings (SSSR count). The fraction of sp³-hybridized carbons (Fsp3) is 0.188. The quantitative estimate of drug-likeness (QED) is 0.781. The lowest BCUT2D eigenvalue weighted by molar-refractivity contribution is 0.880. The molecular weight excluding hydrogens is 344 g/mol. The molecule has 0 aliphatic heterocycles. The summed E-state index contributed by atoms with van der Waals surface area (Å²) in [7, 11) is 0. The summed E-state index contributed by atoms with van der Waals surface area (Å²) in [6.45, 7) is 4.07. The zero-order valence-electron chi connectivity index (χ0n) is 12.3. The van der Waals surface area contributed by atoms with E-state index in [1.165, 1.54) is 6.07 Å². The number of H-pyrrole nitrogens is 1. The first kappa shape index (κ1) is 14.7. The third kappa shape index (κ3) is 2.62. The zero-order valence-corrected chi connectivity index (χ0v) is 13.9. The van der Waals surface area contributed by atoms with Crippen LogP contribution in [0.2, 0.25) is 0 Å². The molecule has 0 aliphatic rings. The fourth-order valence-corrected chi connectivity index (χ4v) is 2.85. The number of aromatic amines is 1. The Balaban J connectivity index is 2.01. The van der Waals surface area contributed by atoms with Gasteiger partial charge in [0.1, 0.15) is 10.4 Å². The minimum atomic E-state index is -0.203. The maximum absolute atomic E-state index is 11.1. The Morgan fingerprint density at radius 2 is 1.91 bits per heavy atom. The van der Waals surface area contributed by atoms with Gasteiger partial charge in [-0.05, 0) is 41.1 Å². The minimum absolute atomic E-state index is 0.203. The lowest BCUT2D eigenvalue weighted by Gasteiger charge is -2.09. The summed E-state index contributed by atoms with van der Waals surface area (Å²) in [6.07, 6.45) is 0.857. The van der Waals surface area contributed by atoms with Crippen LogP contribution in [0, 0.1) is 6.92 Å². The lowest BCUT2D eigenvalue weighted by atomic mass is 10.1. The maximum Gasteiger partial charge on any atom is 0.264 e. The van der Waals surface area contributed by atoms with Gasteiger partial charge in [0, 0.05) is 23.7 Å². The van der Waals surface area contributed by atoms with Crippen molar-refractivity contribution < 1.29 is 0 Å². The number of benzene rings is 1. The second kappa shape index (κ2) is 5.88. The summed E-state index contributed by atoms with van der Waals surface area (Å²) < 4.78 is 3.07. The van der Waals surface area contributed by atoms with Gasteiger partial charge in [-0.1, -0.05) is 19.1 Å². The predicted molar refractivity (Wildman–Crippen MR) is 89.2 cm³/mol. The number of rotatable bonds is 3. The Morgan fingerprint density at radius 1 is 1.18 bits per heavy atom. The zero-order chi connectivity index (χ0) is 15.7. The van der Waals surface area contributed by atoms with Crippen LogP contribution in [0.5, 0.6) is 0 Å². The topological polar surface area (TPSA) is 63.6 Å². The summed E-state index contributed by atoms with van der Waals surface area (Å²) in [6, 6.07) is 11.2. The first-order chi connectivity index (χ1) is 10.6. The van der Waals surface area contributed by atoms with Crippen molar-refractivity contribution in [1.82, 2.24) is 19.7 Å². The number of nitrogens with zero attached hydrogens (tertiary/aromatic N) is 3. The Bertz CT molecular complexity index is 844. The Kier molecular flexibility index (Phi) is 3.94. The van der Waals surface area contributed by atoms with Gasteiger partial charge in [0.05, 0.1) is 11.4 Å². The van der Waals surface area contributed by atoms with E-state index in [1.807, 2.05) is 31.2 Å². The summed E-state index contributed by atoms with van der Waals surface area (Å²) in [5.74, 6) is 1.01. The van der Waals surface area contributed by atoms with Crippen LogP contribution in [0.4, 0.5) is 0 Å². The van der Waals surface area contributed by atoms with Crippen LogP contribution in [0.25, 0.3) is 16.9 Å². The molecule has 0 saturated heterocycles. The molecule has 0 atom stereocenters. The first-order valence-corrected chi connectivity index (χ1v) is 7.79. The van der Waals surface area contributed by atoms with Gasteiger partial charge in [0.15, 0.2) is 0 Å². The third-order valence-corrected chi connectivity index (χ3v) is 4.39. The highest BCUT2D eigenvalue weighted by Gasteiger charge is 2.12. The highest BCUT2D eigenvalue weighted by atomic mass is 79.9. The van der Waals surface area contributed by atoms with Gasteiger partial charge >= 0.3 is 0 Å². The van der Waals surface area contributed by atoms with Crippen LogP contribution in [-0.2, 0) is 6.42 Å². The van der Waals surface area contributed by atoms with Gasteiger partial charge in [-0.2, -0.15) is 5.10 Å². The molecule has 3 aromatic rings. The van der Waals surface area contributed by atoms with Crippen LogP contribution in [-0.4, -0.2) is 19.7 Å². The molecule has 2 heterocycles. The van der Waals surface area contributed by atoms with Crippen LogP contribution in [0.15, 0.2) is 45.8 Å². The average Bonchev–Trinajstić information content (AvgIpc) is 2.83. The van der Waals surface area contributed by atoms with E-state index in [0.29, 0.717) is 0 Å². The molecule has 0 unspecified atom stereocenters. The van der Waals surface area contributed by atoms with E-state index in [2.05, 4.69) is 42.6 Å². The Hall–Kier alpha value is -2.21. The van der Waals surface area contributed by atoms with Crippen LogP contribution in [0.3, 0.4) is 0 Å². The molecule has 1 aromatic carbocycles. The number of hydrogen-bond acceptors (Lipinski definition) is 3. The van der Waals surface area contributed by atoms with E-state index in [-0.39, 0.29) is 5.56 Å². The normalized spacial score (nSPS) is 10.9. The molecule has 0 bridgehead atoms. The number of halogens is 1. The van der Waals surface area contributed by atoms with Gasteiger partial charge in [-0.25, -0.2) is 10.1 Å². The maximum atomic E-state index is 11.1. The molecule has 112 valence electrons. The van der Waals surface area contributed by atoms with E-state index in [9.17, 15) is 4.79 Å². The van der Waals surface area contributed by atoms with Crippen molar-refractivity contribution in [3.05, 3.63) is 62.9 Å². The Labute approximate surface area is 136 Å². The largest absolute Gasteiger partial charge is 0.291 e. The van der Waals surface area contributed by atoms with Crippen molar-refractivity contribution in [3.8, 4) is 16.9 Å². The van der Waals surface area contributed by atoms with Gasteiger partial charge in [0.25, 0.3) is 5.56 Å². The van der Waals surface area contributed by atoms with E-state index in [1.54, 1.807) is 6.07 Å². The summed E-state index contributed by atoms with van der Waals surface area (Å²) in [5.41, 5.74) is 3.50. The van der Waals surface area contributed by atoms with Crippen LogP contribution >= 0.6 is 15.9 Å². The van der Waals surface area contributed by atoms with Crippen LogP contribution in [0.1, 0.15) is 18.4 Å². The Morgan fingerprint density at radius 3 is 2.50 bits per heavy atom. The van der Waals surface area contributed by atoms with Crippen molar-refractivity contribution in [3.63, 3.8) is 0 Å². The van der Waals surface area contributed by atoms with E-state index < -0.39 is 0 Å². The standard InChI is InChI=1S/C16H15BrN4O/c1-3-14-18-10(2)16(17)21(14)12-6-4-11(5-7-12)13-8-9-15(22)20-19-13/h4-9H,3H2,1-2H3,(H,20,22). The number of imidazole rings is 1. The SMILES string of the molecule is CCc1nc(C)c(Br)n1-c1ccc(-c2ccc(=O)[nH]n2)cc1. The third-order valence-electron chi connectivity index (χ3n) is 3.47.